The summed E-state index contributed by atoms with van der Waals surface area (Å²) in [7, 11) is 0. The molecule has 0 saturated carbocycles. The normalized spacial score (nSPS) is 15.8. The molecule has 0 spiro atoms. The van der Waals surface area contributed by atoms with Gasteiger partial charge in [0.1, 0.15) is 11.6 Å². The van der Waals surface area contributed by atoms with Gasteiger partial charge in [-0.2, -0.15) is 5.26 Å². The lowest BCUT2D eigenvalue weighted by Crippen LogP contribution is -2.31. The van der Waals surface area contributed by atoms with Crippen LogP contribution in [0.15, 0.2) is 53.1 Å². The number of anilines is 1. The molecule has 31 heavy (non-hydrogen) atoms. The molecule has 1 aliphatic rings. The van der Waals surface area contributed by atoms with Gasteiger partial charge in [0.25, 0.3) is 0 Å². The first-order valence-corrected chi connectivity index (χ1v) is 10.8. The first-order chi connectivity index (χ1) is 14.9. The van der Waals surface area contributed by atoms with Gasteiger partial charge in [0.2, 0.25) is 11.8 Å². The van der Waals surface area contributed by atoms with Gasteiger partial charge in [-0.1, -0.05) is 35.5 Å². The summed E-state index contributed by atoms with van der Waals surface area (Å²) in [5.74, 6) is -0.938. The summed E-state index contributed by atoms with van der Waals surface area (Å²) in [5.41, 5.74) is 1.57. The second kappa shape index (κ2) is 10.3. The van der Waals surface area contributed by atoms with Crippen LogP contribution in [-0.4, -0.2) is 24.2 Å². The minimum absolute atomic E-state index is 0.0498. The number of benzene rings is 2. The molecule has 0 saturated heterocycles. The van der Waals surface area contributed by atoms with Crippen molar-refractivity contribution in [3.8, 4) is 11.8 Å². The molecular weight excluding hydrogens is 441 g/mol. The minimum Gasteiger partial charge on any atom is -0.494 e. The number of carbonyl (C=O) groups is 2. The van der Waals surface area contributed by atoms with Crippen LogP contribution in [0.1, 0.15) is 24.8 Å². The number of nitrogens with zero attached hydrogens (tertiary/aromatic N) is 1. The molecule has 0 fully saturated rings. The van der Waals surface area contributed by atoms with Gasteiger partial charge in [-0.3, -0.25) is 9.59 Å². The fourth-order valence-corrected chi connectivity index (χ4v) is 4.15. The lowest BCUT2D eigenvalue weighted by molar-refractivity contribution is -0.121. The number of nitrogens with one attached hydrogen (secondary N) is 2. The summed E-state index contributed by atoms with van der Waals surface area (Å²) in [5, 5.41) is 15.3. The number of ether oxygens (including phenoxy) is 1. The molecule has 1 aliphatic heterocycles. The number of rotatable bonds is 7. The van der Waals surface area contributed by atoms with Crippen LogP contribution in [0.25, 0.3) is 0 Å². The minimum atomic E-state index is -0.580. The molecule has 0 radical (unpaired) electrons. The molecule has 2 amide bonds. The third kappa shape index (κ3) is 5.78. The molecule has 0 aliphatic carbocycles. The fourth-order valence-electron chi connectivity index (χ4n) is 3.09. The van der Waals surface area contributed by atoms with Crippen molar-refractivity contribution in [1.82, 2.24) is 5.32 Å². The number of hydrogen-bond acceptors (Lipinski definition) is 5. The van der Waals surface area contributed by atoms with E-state index in [1.807, 2.05) is 19.1 Å². The van der Waals surface area contributed by atoms with Gasteiger partial charge >= 0.3 is 0 Å². The SMILES string of the molecule is CCOc1ccc([C@H]2CC(=O)NC(SCC(=O)Nc3ccc(F)c(Cl)c3)=C2C#N)cc1. The van der Waals surface area contributed by atoms with Crippen molar-refractivity contribution in [1.29, 1.82) is 5.26 Å². The van der Waals surface area contributed by atoms with E-state index < -0.39 is 11.7 Å². The maximum absolute atomic E-state index is 13.3. The molecule has 2 aromatic rings. The number of halogens is 2. The average Bonchev–Trinajstić information content (AvgIpc) is 2.75. The van der Waals surface area contributed by atoms with Crippen LogP contribution in [0.5, 0.6) is 5.75 Å². The lowest BCUT2D eigenvalue weighted by Gasteiger charge is -2.25. The highest BCUT2D eigenvalue weighted by atomic mass is 35.5. The van der Waals surface area contributed by atoms with E-state index >= 15 is 0 Å². The van der Waals surface area contributed by atoms with Gasteiger partial charge in [0.15, 0.2) is 0 Å². The highest BCUT2D eigenvalue weighted by Gasteiger charge is 2.30. The van der Waals surface area contributed by atoms with Gasteiger partial charge < -0.3 is 15.4 Å². The molecule has 3 rings (SSSR count). The van der Waals surface area contributed by atoms with Crippen molar-refractivity contribution in [3.05, 3.63) is 69.5 Å². The van der Waals surface area contributed by atoms with Gasteiger partial charge in [-0.15, -0.1) is 0 Å². The van der Waals surface area contributed by atoms with Crippen molar-refractivity contribution >= 4 is 40.9 Å². The van der Waals surface area contributed by atoms with E-state index in [4.69, 9.17) is 16.3 Å². The van der Waals surface area contributed by atoms with Crippen molar-refractivity contribution in [2.45, 2.75) is 19.3 Å². The molecule has 0 aromatic heterocycles. The average molecular weight is 460 g/mol. The maximum atomic E-state index is 13.3. The van der Waals surface area contributed by atoms with E-state index in [-0.39, 0.29) is 29.0 Å². The zero-order valence-electron chi connectivity index (χ0n) is 16.6. The fraction of sp³-hybridized carbons (Fsp3) is 0.227. The quantitative estimate of drug-likeness (QED) is 0.632. The molecule has 2 aromatic carbocycles. The number of hydrogen-bond donors (Lipinski definition) is 2. The zero-order chi connectivity index (χ0) is 22.4. The van der Waals surface area contributed by atoms with Crippen molar-refractivity contribution < 1.29 is 18.7 Å². The van der Waals surface area contributed by atoms with E-state index in [0.717, 1.165) is 23.4 Å². The molecule has 2 N–H and O–H groups in total. The second-order valence-electron chi connectivity index (χ2n) is 6.63. The van der Waals surface area contributed by atoms with E-state index in [2.05, 4.69) is 16.7 Å². The van der Waals surface area contributed by atoms with Crippen molar-refractivity contribution in [2.75, 3.05) is 17.7 Å². The van der Waals surface area contributed by atoms with E-state index in [9.17, 15) is 19.2 Å². The molecule has 1 heterocycles. The van der Waals surface area contributed by atoms with Crippen LogP contribution in [0, 0.1) is 17.1 Å². The number of nitriles is 1. The van der Waals surface area contributed by atoms with E-state index in [1.165, 1.54) is 12.1 Å². The van der Waals surface area contributed by atoms with E-state index in [1.54, 1.807) is 12.1 Å². The van der Waals surface area contributed by atoms with Crippen LogP contribution in [-0.2, 0) is 9.59 Å². The topological polar surface area (TPSA) is 91.2 Å². The zero-order valence-corrected chi connectivity index (χ0v) is 18.1. The molecule has 160 valence electrons. The number of allylic oxidation sites excluding steroid dienone is 1. The summed E-state index contributed by atoms with van der Waals surface area (Å²) < 4.78 is 18.7. The number of amides is 2. The summed E-state index contributed by atoms with van der Waals surface area (Å²) >= 11 is 6.78. The van der Waals surface area contributed by atoms with Crippen molar-refractivity contribution in [3.63, 3.8) is 0 Å². The van der Waals surface area contributed by atoms with Crippen LogP contribution < -0.4 is 15.4 Å². The Kier molecular flexibility index (Phi) is 7.55. The summed E-state index contributed by atoms with van der Waals surface area (Å²) in [6.07, 6.45) is 0.140. The summed E-state index contributed by atoms with van der Waals surface area (Å²) in [4.78, 5) is 24.5. The van der Waals surface area contributed by atoms with Gasteiger partial charge in [-0.05, 0) is 42.8 Å². The number of carbonyl (C=O) groups excluding carboxylic acids is 2. The van der Waals surface area contributed by atoms with Gasteiger partial charge in [0, 0.05) is 18.0 Å². The Bertz CT molecular complexity index is 1070. The summed E-state index contributed by atoms with van der Waals surface area (Å²) in [6.45, 7) is 2.43. The Hall–Kier alpha value is -3.02. The van der Waals surface area contributed by atoms with Gasteiger partial charge in [-0.25, -0.2) is 4.39 Å². The van der Waals surface area contributed by atoms with Gasteiger partial charge in [0.05, 0.1) is 34.1 Å². The Balaban J connectivity index is 1.73. The summed E-state index contributed by atoms with van der Waals surface area (Å²) in [6, 6.07) is 13.3. The Labute approximate surface area is 188 Å². The molecule has 0 bridgehead atoms. The van der Waals surface area contributed by atoms with Crippen LogP contribution in [0.2, 0.25) is 5.02 Å². The maximum Gasteiger partial charge on any atom is 0.234 e. The Morgan fingerprint density at radius 3 is 2.74 bits per heavy atom. The predicted octanol–water partition coefficient (Wildman–Crippen LogP) is 4.59. The predicted molar refractivity (Wildman–Crippen MR) is 118 cm³/mol. The third-order valence-corrected chi connectivity index (χ3v) is 5.81. The van der Waals surface area contributed by atoms with Crippen LogP contribution >= 0.6 is 23.4 Å². The van der Waals surface area contributed by atoms with Crippen molar-refractivity contribution in [2.24, 2.45) is 0 Å². The second-order valence-corrected chi connectivity index (χ2v) is 8.02. The molecule has 6 nitrogen and oxygen atoms in total. The first-order valence-electron chi connectivity index (χ1n) is 9.45. The standard InChI is InChI=1S/C22H19ClFN3O3S/c1-2-30-15-6-3-13(4-7-15)16-10-20(28)27-22(17(16)11-25)31-12-21(29)26-14-5-8-19(24)18(23)9-14/h3-9,16H,2,10,12H2,1H3,(H,26,29)(H,27,28)/t16-/m1/s1. The van der Waals surface area contributed by atoms with Crippen LogP contribution in [0.3, 0.4) is 0 Å². The molecule has 9 heteroatoms. The molecule has 0 unspecified atom stereocenters. The lowest BCUT2D eigenvalue weighted by atomic mass is 9.87. The first kappa shape index (κ1) is 22.7. The van der Waals surface area contributed by atoms with E-state index in [0.29, 0.717) is 28.6 Å². The Morgan fingerprint density at radius 2 is 2.10 bits per heavy atom. The number of thioether (sulfide) groups is 1. The smallest absolute Gasteiger partial charge is 0.234 e. The molecule has 1 atom stereocenters. The highest BCUT2D eigenvalue weighted by Crippen LogP contribution is 2.36. The largest absolute Gasteiger partial charge is 0.494 e. The molecular formula is C22H19ClFN3O3S. The highest BCUT2D eigenvalue weighted by molar-refractivity contribution is 8.03. The monoisotopic (exact) mass is 459 g/mol. The van der Waals surface area contributed by atoms with Crippen LogP contribution in [0.4, 0.5) is 10.1 Å². The third-order valence-electron chi connectivity index (χ3n) is 4.50. The Morgan fingerprint density at radius 1 is 1.35 bits per heavy atom.